The minimum atomic E-state index is -4.27. The number of nitrogens with zero attached hydrogens (tertiary/aromatic N) is 1. The molecule has 27 heavy (non-hydrogen) atoms. The first kappa shape index (κ1) is 18.8. The molecular weight excluding hydrogens is 384 g/mol. The van der Waals surface area contributed by atoms with E-state index in [9.17, 15) is 27.1 Å². The number of hydrogen-bond acceptors (Lipinski definition) is 6. The number of hydrogen-bond donors (Lipinski definition) is 0. The lowest BCUT2D eigenvalue weighted by molar-refractivity contribution is -0.362. The van der Waals surface area contributed by atoms with Crippen LogP contribution in [0, 0.1) is 11.6 Å². The van der Waals surface area contributed by atoms with Gasteiger partial charge in [-0.25, -0.2) is 8.78 Å². The van der Waals surface area contributed by atoms with Crippen LogP contribution in [0.2, 0.25) is 0 Å². The quantitative estimate of drug-likeness (QED) is 0.558. The van der Waals surface area contributed by atoms with Crippen molar-refractivity contribution in [2.24, 2.45) is 4.40 Å². The fraction of sp³-hybridized carbons (Fsp3) is 0.176. The van der Waals surface area contributed by atoms with E-state index < -0.39 is 44.6 Å². The van der Waals surface area contributed by atoms with Crippen LogP contribution in [0.3, 0.4) is 0 Å². The van der Waals surface area contributed by atoms with Crippen LogP contribution in [0.5, 0.6) is 0 Å². The molecule has 0 N–H and O–H groups in total. The Morgan fingerprint density at radius 2 is 1.89 bits per heavy atom. The molecule has 0 unspecified atom stereocenters. The second-order valence-electron chi connectivity index (χ2n) is 5.54. The molecule has 0 saturated carbocycles. The second-order valence-corrected chi connectivity index (χ2v) is 7.14. The van der Waals surface area contributed by atoms with E-state index in [2.05, 4.69) is 9.13 Å². The highest BCUT2D eigenvalue weighted by Gasteiger charge is 2.23. The van der Waals surface area contributed by atoms with E-state index in [1.165, 1.54) is 24.3 Å². The topological polar surface area (TPSA) is 105 Å². The molecule has 7 nitrogen and oxygen atoms in total. The van der Waals surface area contributed by atoms with Crippen LogP contribution in [0.25, 0.3) is 0 Å². The predicted molar refractivity (Wildman–Crippen MR) is 86.7 cm³/mol. The molecule has 1 fully saturated rings. The first-order valence-electron chi connectivity index (χ1n) is 7.67. The van der Waals surface area contributed by atoms with Gasteiger partial charge in [0.2, 0.25) is 0 Å². The smallest absolute Gasteiger partial charge is 0.319 e. The van der Waals surface area contributed by atoms with Gasteiger partial charge in [0, 0.05) is 6.42 Å². The molecule has 1 aromatic carbocycles. The molecule has 2 aliphatic rings. The number of sulfonamides is 1. The van der Waals surface area contributed by atoms with E-state index in [0.29, 0.717) is 12.1 Å². The first-order valence-corrected chi connectivity index (χ1v) is 9.11. The third kappa shape index (κ3) is 4.22. The minimum absolute atomic E-state index is 0.0310. The Kier molecular flexibility index (Phi) is 5.08. The van der Waals surface area contributed by atoms with E-state index in [0.717, 1.165) is 6.07 Å². The molecule has 1 atom stereocenters. The van der Waals surface area contributed by atoms with Crippen LogP contribution < -0.4 is 5.11 Å². The summed E-state index contributed by atoms with van der Waals surface area (Å²) in [5.41, 5.74) is 0.0513. The molecule has 1 aliphatic carbocycles. The number of rotatable bonds is 4. The molecule has 0 spiro atoms. The summed E-state index contributed by atoms with van der Waals surface area (Å²) in [5, 5.41) is 12.0. The Hall–Kier alpha value is -3.01. The van der Waals surface area contributed by atoms with Crippen LogP contribution in [-0.4, -0.2) is 32.8 Å². The van der Waals surface area contributed by atoms with Crippen molar-refractivity contribution < 1.29 is 36.6 Å². The van der Waals surface area contributed by atoms with Gasteiger partial charge in [-0.15, -0.1) is 0 Å². The average molecular weight is 396 g/mol. The maximum atomic E-state index is 13.2. The number of allylic oxidation sites excluding steroid dienone is 5. The summed E-state index contributed by atoms with van der Waals surface area (Å²) in [6, 6.07) is 2.11. The first-order chi connectivity index (χ1) is 12.8. The largest absolute Gasteiger partial charge is 0.598 e. The van der Waals surface area contributed by atoms with Gasteiger partial charge in [-0.2, -0.15) is 12.8 Å². The fourth-order valence-corrected chi connectivity index (χ4v) is 3.27. The summed E-state index contributed by atoms with van der Waals surface area (Å²) in [4.78, 5) is 10.8. The number of esters is 1. The zero-order valence-electron chi connectivity index (χ0n) is 13.6. The molecule has 0 amide bonds. The molecule has 1 saturated heterocycles. The monoisotopic (exact) mass is 396 g/mol. The molecule has 3 rings (SSSR count). The summed E-state index contributed by atoms with van der Waals surface area (Å²) in [6.07, 6.45) is 4.31. The fourth-order valence-electron chi connectivity index (χ4n) is 2.27. The van der Waals surface area contributed by atoms with Crippen molar-refractivity contribution in [1.82, 2.24) is 0 Å². The SMILES string of the molecule is O=C1OCC[C@H]1OC([O-])=C1C=CC(=NS(=O)(=O)c2ccc(F)c(F)c2)C=C1. The summed E-state index contributed by atoms with van der Waals surface area (Å²) >= 11 is 0. The zero-order valence-corrected chi connectivity index (χ0v) is 14.4. The van der Waals surface area contributed by atoms with Crippen LogP contribution in [0.4, 0.5) is 8.78 Å². The molecule has 0 bridgehead atoms. The lowest BCUT2D eigenvalue weighted by Crippen LogP contribution is -2.23. The van der Waals surface area contributed by atoms with Crippen molar-refractivity contribution in [3.8, 4) is 0 Å². The van der Waals surface area contributed by atoms with Gasteiger partial charge in [0.05, 0.1) is 23.2 Å². The number of ether oxygens (including phenoxy) is 2. The van der Waals surface area contributed by atoms with Gasteiger partial charge in [0.25, 0.3) is 10.0 Å². The molecule has 0 aromatic heterocycles. The number of cyclic esters (lactones) is 1. The molecule has 142 valence electrons. The molecule has 0 radical (unpaired) electrons. The third-order valence-electron chi connectivity index (χ3n) is 3.65. The van der Waals surface area contributed by atoms with Crippen molar-refractivity contribution in [3.63, 3.8) is 0 Å². The Morgan fingerprint density at radius 3 is 2.48 bits per heavy atom. The second kappa shape index (κ2) is 7.31. The van der Waals surface area contributed by atoms with Crippen molar-refractivity contribution in [2.45, 2.75) is 17.4 Å². The van der Waals surface area contributed by atoms with Gasteiger partial charge >= 0.3 is 5.97 Å². The number of carbonyl (C=O) groups excluding carboxylic acids is 1. The standard InChI is InChI=1S/C17H13F2NO6S/c18-13-6-5-12(9-14(13)19)27(23,24)20-11-3-1-10(2-4-11)16(21)26-15-7-8-25-17(15)22/h1-6,9,15,21H,7-8H2/p-1/t15-/m1/s1. The summed E-state index contributed by atoms with van der Waals surface area (Å²) in [5.74, 6) is -3.88. The van der Waals surface area contributed by atoms with E-state index >= 15 is 0 Å². The van der Waals surface area contributed by atoms with Gasteiger partial charge in [-0.1, -0.05) is 12.2 Å². The van der Waals surface area contributed by atoms with E-state index in [4.69, 9.17) is 4.74 Å². The van der Waals surface area contributed by atoms with Gasteiger partial charge < -0.3 is 14.6 Å². The zero-order chi connectivity index (χ0) is 19.6. The van der Waals surface area contributed by atoms with Gasteiger partial charge in [-0.05, 0) is 35.9 Å². The lowest BCUT2D eigenvalue weighted by atomic mass is 10.1. The molecular formula is C17H12F2NO6S-. The van der Waals surface area contributed by atoms with E-state index in [1.807, 2.05) is 0 Å². The highest BCUT2D eigenvalue weighted by molar-refractivity contribution is 7.90. The van der Waals surface area contributed by atoms with Crippen LogP contribution >= 0.6 is 0 Å². The van der Waals surface area contributed by atoms with E-state index in [-0.39, 0.29) is 24.3 Å². The molecule has 1 heterocycles. The maximum absolute atomic E-state index is 13.2. The average Bonchev–Trinajstić information content (AvgIpc) is 3.02. The van der Waals surface area contributed by atoms with Crippen LogP contribution in [0.1, 0.15) is 6.42 Å². The highest BCUT2D eigenvalue weighted by atomic mass is 32.2. The van der Waals surface area contributed by atoms with Crippen LogP contribution in [-0.2, 0) is 24.3 Å². The molecule has 1 aliphatic heterocycles. The van der Waals surface area contributed by atoms with Crippen molar-refractivity contribution in [3.05, 3.63) is 65.7 Å². The Bertz CT molecular complexity index is 992. The third-order valence-corrected chi connectivity index (χ3v) is 4.95. The Balaban J connectivity index is 1.77. The lowest BCUT2D eigenvalue weighted by Gasteiger charge is -2.21. The molecule has 1 aromatic rings. The normalized spacial score (nSPS) is 19.2. The number of halogens is 2. The predicted octanol–water partition coefficient (Wildman–Crippen LogP) is 1.12. The van der Waals surface area contributed by atoms with Crippen LogP contribution in [0.15, 0.2) is 63.3 Å². The molecule has 10 heteroatoms. The highest BCUT2D eigenvalue weighted by Crippen LogP contribution is 2.19. The Morgan fingerprint density at radius 1 is 1.19 bits per heavy atom. The van der Waals surface area contributed by atoms with Gasteiger partial charge in [-0.3, -0.25) is 4.79 Å². The van der Waals surface area contributed by atoms with E-state index in [1.54, 1.807) is 0 Å². The van der Waals surface area contributed by atoms with Crippen molar-refractivity contribution in [1.29, 1.82) is 0 Å². The van der Waals surface area contributed by atoms with Gasteiger partial charge in [0.15, 0.2) is 11.6 Å². The summed E-state index contributed by atoms with van der Waals surface area (Å²) in [6.45, 7) is 0.177. The van der Waals surface area contributed by atoms with Gasteiger partial charge in [0.1, 0.15) is 6.10 Å². The Labute approximate surface area is 153 Å². The number of carbonyl (C=O) groups is 1. The minimum Gasteiger partial charge on any atom is -0.598 e. The summed E-state index contributed by atoms with van der Waals surface area (Å²) in [7, 11) is -4.27. The van der Waals surface area contributed by atoms with Crippen molar-refractivity contribution in [2.75, 3.05) is 6.61 Å². The summed E-state index contributed by atoms with van der Waals surface area (Å²) < 4.78 is 63.6. The van der Waals surface area contributed by atoms with Crippen molar-refractivity contribution >= 4 is 21.7 Å². The maximum Gasteiger partial charge on any atom is 0.319 e. The number of benzene rings is 1.